The van der Waals surface area contributed by atoms with Crippen LogP contribution in [0.4, 0.5) is 10.5 Å². The molecule has 1 aliphatic rings. The zero-order valence-electron chi connectivity index (χ0n) is 15.2. The van der Waals surface area contributed by atoms with Crippen molar-refractivity contribution in [3.63, 3.8) is 0 Å². The molecule has 1 aliphatic heterocycles. The SMILES string of the molecule is CN1CCC(c2c[nH]c3ccc(NC(=O)Oc4ccc(Cl)cc4)cc23)CC1. The molecule has 0 saturated carbocycles. The number of piperidine rings is 1. The first-order valence-electron chi connectivity index (χ1n) is 9.12. The summed E-state index contributed by atoms with van der Waals surface area (Å²) in [4.78, 5) is 17.9. The van der Waals surface area contributed by atoms with Crippen molar-refractivity contribution in [3.05, 3.63) is 59.2 Å². The Morgan fingerprint density at radius 3 is 2.67 bits per heavy atom. The Morgan fingerprint density at radius 2 is 1.93 bits per heavy atom. The van der Waals surface area contributed by atoms with E-state index in [0.29, 0.717) is 16.7 Å². The van der Waals surface area contributed by atoms with E-state index in [4.69, 9.17) is 16.3 Å². The molecule has 0 atom stereocenters. The van der Waals surface area contributed by atoms with Gasteiger partial charge in [-0.3, -0.25) is 5.32 Å². The van der Waals surface area contributed by atoms with Gasteiger partial charge in [0.15, 0.2) is 0 Å². The third-order valence-corrected chi connectivity index (χ3v) is 5.39. The number of H-pyrrole nitrogens is 1. The minimum atomic E-state index is -0.520. The minimum Gasteiger partial charge on any atom is -0.410 e. The molecular formula is C21H22ClN3O2. The molecule has 0 bridgehead atoms. The minimum absolute atomic E-state index is 0.451. The van der Waals surface area contributed by atoms with E-state index < -0.39 is 6.09 Å². The highest BCUT2D eigenvalue weighted by molar-refractivity contribution is 6.30. The normalized spacial score (nSPS) is 15.8. The van der Waals surface area contributed by atoms with Crippen LogP contribution in [0.5, 0.6) is 5.75 Å². The molecular weight excluding hydrogens is 362 g/mol. The van der Waals surface area contributed by atoms with Crippen LogP contribution in [0.3, 0.4) is 0 Å². The summed E-state index contributed by atoms with van der Waals surface area (Å²) < 4.78 is 5.30. The zero-order valence-corrected chi connectivity index (χ0v) is 15.9. The van der Waals surface area contributed by atoms with Crippen LogP contribution >= 0.6 is 11.6 Å². The number of fused-ring (bicyclic) bond motifs is 1. The molecule has 6 heteroatoms. The molecule has 3 aromatic rings. The van der Waals surface area contributed by atoms with Crippen LogP contribution < -0.4 is 10.1 Å². The second-order valence-electron chi connectivity index (χ2n) is 7.05. The zero-order chi connectivity index (χ0) is 18.8. The number of nitrogens with one attached hydrogen (secondary N) is 2. The summed E-state index contributed by atoms with van der Waals surface area (Å²) in [6.45, 7) is 2.23. The standard InChI is InChI=1S/C21H22ClN3O2/c1-25-10-8-14(9-11-25)19-13-23-20-7-4-16(12-18(19)20)24-21(26)27-17-5-2-15(22)3-6-17/h2-7,12-14,23H,8-11H2,1H3,(H,24,26). The van der Waals surface area contributed by atoms with Crippen LogP contribution in [0.1, 0.15) is 24.3 Å². The number of benzene rings is 2. The highest BCUT2D eigenvalue weighted by Gasteiger charge is 2.21. The second kappa shape index (κ2) is 7.62. The van der Waals surface area contributed by atoms with E-state index in [1.165, 1.54) is 5.56 Å². The summed E-state index contributed by atoms with van der Waals surface area (Å²) in [5, 5.41) is 4.57. The number of anilines is 1. The predicted molar refractivity (Wildman–Crippen MR) is 109 cm³/mol. The van der Waals surface area contributed by atoms with Gasteiger partial charge in [-0.15, -0.1) is 0 Å². The number of aromatic amines is 1. The molecule has 1 aromatic heterocycles. The maximum absolute atomic E-state index is 12.2. The van der Waals surface area contributed by atoms with Crippen molar-refractivity contribution < 1.29 is 9.53 Å². The third kappa shape index (κ3) is 4.10. The number of carbonyl (C=O) groups excluding carboxylic acids is 1. The van der Waals surface area contributed by atoms with Gasteiger partial charge in [-0.2, -0.15) is 0 Å². The van der Waals surface area contributed by atoms with Gasteiger partial charge in [0, 0.05) is 27.8 Å². The lowest BCUT2D eigenvalue weighted by Gasteiger charge is -2.28. The number of carbonyl (C=O) groups is 1. The van der Waals surface area contributed by atoms with Crippen molar-refractivity contribution in [2.24, 2.45) is 0 Å². The van der Waals surface area contributed by atoms with Crippen LogP contribution in [0.2, 0.25) is 5.02 Å². The summed E-state index contributed by atoms with van der Waals surface area (Å²) in [6.07, 6.45) is 3.89. The molecule has 140 valence electrons. The second-order valence-corrected chi connectivity index (χ2v) is 7.49. The molecule has 1 fully saturated rings. The first kappa shape index (κ1) is 17.9. The molecule has 5 nitrogen and oxygen atoms in total. The Morgan fingerprint density at radius 1 is 1.19 bits per heavy atom. The lowest BCUT2D eigenvalue weighted by atomic mass is 9.89. The molecule has 27 heavy (non-hydrogen) atoms. The third-order valence-electron chi connectivity index (χ3n) is 5.14. The molecule has 0 aliphatic carbocycles. The van der Waals surface area contributed by atoms with Crippen LogP contribution in [-0.4, -0.2) is 36.1 Å². The molecule has 4 rings (SSSR count). The van der Waals surface area contributed by atoms with Crippen molar-refractivity contribution in [2.75, 3.05) is 25.5 Å². The number of nitrogens with zero attached hydrogens (tertiary/aromatic N) is 1. The Bertz CT molecular complexity index is 944. The molecule has 0 unspecified atom stereocenters. The summed E-state index contributed by atoms with van der Waals surface area (Å²) in [6, 6.07) is 12.6. The number of hydrogen-bond donors (Lipinski definition) is 2. The highest BCUT2D eigenvalue weighted by Crippen LogP contribution is 2.34. The van der Waals surface area contributed by atoms with Gasteiger partial charge in [0.1, 0.15) is 5.75 Å². The molecule has 0 spiro atoms. The fraction of sp³-hybridized carbons (Fsp3) is 0.286. The summed E-state index contributed by atoms with van der Waals surface area (Å²) >= 11 is 5.85. The molecule has 0 radical (unpaired) electrons. The summed E-state index contributed by atoms with van der Waals surface area (Å²) in [5.41, 5.74) is 3.13. The van der Waals surface area contributed by atoms with E-state index in [1.54, 1.807) is 24.3 Å². The van der Waals surface area contributed by atoms with Gasteiger partial charge < -0.3 is 14.6 Å². The maximum Gasteiger partial charge on any atom is 0.417 e. The van der Waals surface area contributed by atoms with Crippen molar-refractivity contribution in [1.29, 1.82) is 0 Å². The van der Waals surface area contributed by atoms with Crippen LogP contribution in [-0.2, 0) is 0 Å². The molecule has 2 N–H and O–H groups in total. The van der Waals surface area contributed by atoms with E-state index >= 15 is 0 Å². The van der Waals surface area contributed by atoms with E-state index in [9.17, 15) is 4.79 Å². The largest absolute Gasteiger partial charge is 0.417 e. The average Bonchev–Trinajstić information content (AvgIpc) is 3.07. The molecule has 2 heterocycles. The number of likely N-dealkylation sites (tertiary alicyclic amines) is 1. The monoisotopic (exact) mass is 383 g/mol. The molecule has 1 saturated heterocycles. The van der Waals surface area contributed by atoms with Gasteiger partial charge in [-0.05, 0) is 86.9 Å². The van der Waals surface area contributed by atoms with Crippen LogP contribution in [0, 0.1) is 0 Å². The van der Waals surface area contributed by atoms with Crippen molar-refractivity contribution >= 4 is 34.3 Å². The summed E-state index contributed by atoms with van der Waals surface area (Å²) in [5.74, 6) is 0.998. The summed E-state index contributed by atoms with van der Waals surface area (Å²) in [7, 11) is 2.17. The van der Waals surface area contributed by atoms with Crippen molar-refractivity contribution in [3.8, 4) is 5.75 Å². The van der Waals surface area contributed by atoms with Gasteiger partial charge in [0.2, 0.25) is 0 Å². The molecule has 1 amide bonds. The number of aromatic nitrogens is 1. The topological polar surface area (TPSA) is 57.4 Å². The van der Waals surface area contributed by atoms with Crippen LogP contribution in [0.25, 0.3) is 10.9 Å². The lowest BCUT2D eigenvalue weighted by Crippen LogP contribution is -2.29. The van der Waals surface area contributed by atoms with E-state index in [2.05, 4.69) is 28.4 Å². The quantitative estimate of drug-likeness (QED) is 0.650. The number of rotatable bonds is 3. The predicted octanol–water partition coefficient (Wildman–Crippen LogP) is 5.24. The number of ether oxygens (including phenoxy) is 1. The van der Waals surface area contributed by atoms with Crippen LogP contribution in [0.15, 0.2) is 48.7 Å². The number of halogens is 1. The average molecular weight is 384 g/mol. The van der Waals surface area contributed by atoms with Crippen molar-refractivity contribution in [1.82, 2.24) is 9.88 Å². The fourth-order valence-electron chi connectivity index (χ4n) is 3.63. The highest BCUT2D eigenvalue weighted by atomic mass is 35.5. The molecule has 2 aromatic carbocycles. The Balaban J connectivity index is 1.50. The number of hydrogen-bond acceptors (Lipinski definition) is 3. The van der Waals surface area contributed by atoms with E-state index in [-0.39, 0.29) is 0 Å². The van der Waals surface area contributed by atoms with Gasteiger partial charge in [-0.25, -0.2) is 4.79 Å². The Kier molecular flexibility index (Phi) is 5.05. The fourth-order valence-corrected chi connectivity index (χ4v) is 3.76. The van der Waals surface area contributed by atoms with Gasteiger partial charge in [0.05, 0.1) is 0 Å². The maximum atomic E-state index is 12.2. The van der Waals surface area contributed by atoms with E-state index in [1.807, 2.05) is 18.2 Å². The van der Waals surface area contributed by atoms with Gasteiger partial charge in [-0.1, -0.05) is 11.6 Å². The van der Waals surface area contributed by atoms with Gasteiger partial charge in [0.25, 0.3) is 0 Å². The van der Waals surface area contributed by atoms with Crippen molar-refractivity contribution in [2.45, 2.75) is 18.8 Å². The Hall–Kier alpha value is -2.50. The smallest absolute Gasteiger partial charge is 0.410 e. The Labute approximate surface area is 163 Å². The first-order chi connectivity index (χ1) is 13.1. The first-order valence-corrected chi connectivity index (χ1v) is 9.50. The van der Waals surface area contributed by atoms with E-state index in [0.717, 1.165) is 42.5 Å². The number of amides is 1. The lowest BCUT2D eigenvalue weighted by molar-refractivity contribution is 0.215. The van der Waals surface area contributed by atoms with Gasteiger partial charge >= 0.3 is 6.09 Å².